The minimum Gasteiger partial charge on any atom is -0.311 e. The van der Waals surface area contributed by atoms with E-state index in [9.17, 15) is 0 Å². The summed E-state index contributed by atoms with van der Waals surface area (Å²) in [6.07, 6.45) is 9.54. The molecule has 0 bridgehead atoms. The first-order valence-electron chi connectivity index (χ1n) is 34.1. The molecule has 80 heavy (non-hydrogen) atoms. The van der Waals surface area contributed by atoms with Gasteiger partial charge in [-0.25, -0.2) is 0 Å². The summed E-state index contributed by atoms with van der Waals surface area (Å²) < 4.78 is 0. The Labute approximate surface area is 503 Å². The van der Waals surface area contributed by atoms with Gasteiger partial charge < -0.3 is 20.4 Å². The second-order valence-corrected chi connectivity index (χ2v) is 31.1. The Balaban J connectivity index is 0.000000481. The highest BCUT2D eigenvalue weighted by Gasteiger charge is 2.37. The number of hydrogen-bond donors (Lipinski definition) is 2. The van der Waals surface area contributed by atoms with E-state index in [1.807, 2.05) is 0 Å². The van der Waals surface area contributed by atoms with E-state index in [1.165, 1.54) is 143 Å². The zero-order chi connectivity index (χ0) is 61.4. The first-order valence-corrected chi connectivity index (χ1v) is 34.1. The molecule has 6 fully saturated rings. The Morgan fingerprint density at radius 1 is 0.400 bits per heavy atom. The van der Waals surface area contributed by atoms with E-state index >= 15 is 0 Å². The molecular formula is C69H149N11. The van der Waals surface area contributed by atoms with Gasteiger partial charge in [-0.2, -0.15) is 0 Å². The van der Waals surface area contributed by atoms with Gasteiger partial charge in [0.1, 0.15) is 0 Å². The lowest BCUT2D eigenvalue weighted by Gasteiger charge is -2.50. The largest absolute Gasteiger partial charge is 0.311 e. The lowest BCUT2D eigenvalue weighted by atomic mass is 9.81. The molecule has 0 saturated carbocycles. The van der Waals surface area contributed by atoms with Crippen molar-refractivity contribution in [3.8, 4) is 0 Å². The number of piperidine rings is 2. The maximum atomic E-state index is 3.62. The van der Waals surface area contributed by atoms with Crippen LogP contribution >= 0.6 is 0 Å². The number of piperazine rings is 2. The molecule has 0 amide bonds. The van der Waals surface area contributed by atoms with E-state index in [0.29, 0.717) is 53.2 Å². The third-order valence-corrected chi connectivity index (χ3v) is 18.5. The van der Waals surface area contributed by atoms with Crippen molar-refractivity contribution in [2.75, 3.05) is 112 Å². The summed E-state index contributed by atoms with van der Waals surface area (Å²) in [5.74, 6) is 2.53. The highest BCUT2D eigenvalue weighted by molar-refractivity contribution is 4.94. The minimum absolute atomic E-state index is 0.330. The molecule has 5 unspecified atom stereocenters. The summed E-state index contributed by atoms with van der Waals surface area (Å²) in [5.41, 5.74) is 0.926. The molecular weight excluding hydrogens is 983 g/mol. The van der Waals surface area contributed by atoms with Gasteiger partial charge in [0, 0.05) is 163 Å². The molecule has 0 aliphatic carbocycles. The number of likely N-dealkylation sites (N-methyl/N-ethyl adjacent to an activating group) is 1. The molecule has 6 saturated heterocycles. The Morgan fingerprint density at radius 2 is 0.787 bits per heavy atom. The summed E-state index contributed by atoms with van der Waals surface area (Å²) >= 11 is 0. The molecule has 0 aromatic carbocycles. The van der Waals surface area contributed by atoms with Crippen molar-refractivity contribution in [2.45, 2.75) is 316 Å². The van der Waals surface area contributed by atoms with Crippen LogP contribution in [0.5, 0.6) is 0 Å². The molecule has 0 spiro atoms. The molecule has 0 aromatic heterocycles. The van der Waals surface area contributed by atoms with Crippen molar-refractivity contribution in [3.63, 3.8) is 0 Å². The quantitative estimate of drug-likeness (QED) is 0.146. The summed E-state index contributed by atoms with van der Waals surface area (Å²) in [6, 6.07) is 9.07. The van der Waals surface area contributed by atoms with Gasteiger partial charge in [-0.05, 0) is 226 Å². The zero-order valence-electron chi connectivity index (χ0n) is 59.8. The fraction of sp³-hybridized carbons (Fsp3) is 1.00. The van der Waals surface area contributed by atoms with E-state index in [1.54, 1.807) is 0 Å². The summed E-state index contributed by atoms with van der Waals surface area (Å²) in [4.78, 5) is 23.1. The van der Waals surface area contributed by atoms with Crippen molar-refractivity contribution in [1.82, 2.24) is 54.7 Å². The topological polar surface area (TPSA) is 53.2 Å². The van der Waals surface area contributed by atoms with Gasteiger partial charge in [0.05, 0.1) is 0 Å². The van der Waals surface area contributed by atoms with Gasteiger partial charge in [0.2, 0.25) is 0 Å². The number of rotatable bonds is 17. The van der Waals surface area contributed by atoms with Gasteiger partial charge in [-0.1, -0.05) is 62.3 Å². The molecule has 6 aliphatic rings. The molecule has 2 N–H and O–H groups in total. The highest BCUT2D eigenvalue weighted by atomic mass is 15.3. The standard InChI is InChI=1S/C13H28N2.C12H26N2.C12H25N.2C11H24N2.C10H22N2/c1-10(2)7-12-8-15(11(3)4)9-13(12)14(5)6;1-10(2)13-7-8-14(11(3)4)12(5,6)9-13;1-10(2)8-12(5)6-7-13(9-12)11(3)4;2*1-9(2)12-11-6-5-7-13(8-11)10(3)4;1-9(2)11-5-7-12(8-6-11)10(3)4/h10-13H,7-9H2,1-6H3;10-11H,7-9H2,1-6H3;10-11H,6-9H2,1-5H3;2*9-12H,5-8H2,1-4H3;9-10H,5-8H2,1-4H3. The minimum atomic E-state index is 0.330. The first-order chi connectivity index (χ1) is 37.0. The molecule has 6 aliphatic heterocycles. The summed E-state index contributed by atoms with van der Waals surface area (Å²) in [6.45, 7) is 81.0. The maximum absolute atomic E-state index is 3.62. The monoisotopic (exact) mass is 1130 g/mol. The molecule has 6 heterocycles. The predicted octanol–water partition coefficient (Wildman–Crippen LogP) is 12.8. The van der Waals surface area contributed by atoms with Crippen LogP contribution < -0.4 is 10.6 Å². The average molecular weight is 1130 g/mol. The number of nitrogens with one attached hydrogen (secondary N) is 2. The maximum Gasteiger partial charge on any atom is 0.0283 e. The van der Waals surface area contributed by atoms with Gasteiger partial charge in [0.25, 0.3) is 0 Å². The average Bonchev–Trinajstić information content (AvgIpc) is 3.95. The van der Waals surface area contributed by atoms with Gasteiger partial charge in [0.15, 0.2) is 0 Å². The molecule has 5 atom stereocenters. The number of hydrogen-bond acceptors (Lipinski definition) is 11. The molecule has 6 rings (SSSR count). The number of likely N-dealkylation sites (tertiary alicyclic amines) is 4. The molecule has 0 aromatic rings. The molecule has 0 radical (unpaired) electrons. The zero-order valence-corrected chi connectivity index (χ0v) is 59.8. The third-order valence-electron chi connectivity index (χ3n) is 18.5. The smallest absolute Gasteiger partial charge is 0.0283 e. The normalized spacial score (nSPS) is 26.5. The second kappa shape index (κ2) is 38.7. The van der Waals surface area contributed by atoms with Gasteiger partial charge in [-0.15, -0.1) is 0 Å². The van der Waals surface area contributed by atoms with Crippen LogP contribution in [0, 0.1) is 23.2 Å². The van der Waals surface area contributed by atoms with Crippen LogP contribution in [0.4, 0.5) is 0 Å². The summed E-state index contributed by atoms with van der Waals surface area (Å²) in [5, 5.41) is 7.25. The van der Waals surface area contributed by atoms with Crippen molar-refractivity contribution in [3.05, 3.63) is 0 Å². The van der Waals surface area contributed by atoms with Gasteiger partial charge >= 0.3 is 0 Å². The fourth-order valence-corrected chi connectivity index (χ4v) is 13.9. The first kappa shape index (κ1) is 77.6. The highest BCUT2D eigenvalue weighted by Crippen LogP contribution is 2.37. The predicted molar refractivity (Wildman–Crippen MR) is 358 cm³/mol. The van der Waals surface area contributed by atoms with Crippen LogP contribution in [0.25, 0.3) is 0 Å². The van der Waals surface area contributed by atoms with E-state index in [0.717, 1.165) is 54.0 Å². The van der Waals surface area contributed by atoms with E-state index in [4.69, 9.17) is 0 Å². The Kier molecular flexibility index (Phi) is 37.5. The van der Waals surface area contributed by atoms with E-state index in [2.05, 4.69) is 256 Å². The second-order valence-electron chi connectivity index (χ2n) is 31.1. The fourth-order valence-electron chi connectivity index (χ4n) is 13.9. The van der Waals surface area contributed by atoms with Crippen LogP contribution in [0.1, 0.15) is 232 Å². The Bertz CT molecular complexity index is 1460. The van der Waals surface area contributed by atoms with Crippen LogP contribution in [0.2, 0.25) is 0 Å². The van der Waals surface area contributed by atoms with Crippen LogP contribution in [-0.2, 0) is 0 Å². The van der Waals surface area contributed by atoms with Crippen molar-refractivity contribution in [1.29, 1.82) is 0 Å². The van der Waals surface area contributed by atoms with Crippen LogP contribution in [-0.4, -0.2) is 240 Å². The lowest BCUT2D eigenvalue weighted by Crippen LogP contribution is -2.62. The number of nitrogens with zero attached hydrogens (tertiary/aromatic N) is 9. The molecule has 11 nitrogen and oxygen atoms in total. The van der Waals surface area contributed by atoms with Crippen LogP contribution in [0.3, 0.4) is 0 Å². The Morgan fingerprint density at radius 3 is 1.10 bits per heavy atom. The van der Waals surface area contributed by atoms with Crippen molar-refractivity contribution in [2.24, 2.45) is 23.2 Å². The lowest BCUT2D eigenvalue weighted by molar-refractivity contribution is -0.0129. The van der Waals surface area contributed by atoms with E-state index in [-0.39, 0.29) is 0 Å². The molecule has 480 valence electrons. The van der Waals surface area contributed by atoms with E-state index < -0.39 is 0 Å². The van der Waals surface area contributed by atoms with Crippen molar-refractivity contribution < 1.29 is 0 Å². The van der Waals surface area contributed by atoms with Crippen LogP contribution in [0.15, 0.2) is 0 Å². The Hall–Kier alpha value is -0.440. The molecule has 11 heteroatoms. The third kappa shape index (κ3) is 30.8. The summed E-state index contributed by atoms with van der Waals surface area (Å²) in [7, 11) is 4.45. The SMILES string of the molecule is CC(C)CC1(C)CCN(C(C)C)C1.CC(C)CC1CN(C(C)C)CC1N(C)C.CC(C)N1CCN(C(C)C)C(C)(C)C1.CC(C)N1CCN(C(C)C)CC1.CC(C)NC1CCCN(C(C)C)C1.CC(C)NC1CCCN(C(C)C)C1. The van der Waals surface area contributed by atoms with Gasteiger partial charge in [-0.3, -0.25) is 34.3 Å². The van der Waals surface area contributed by atoms with Crippen molar-refractivity contribution >= 4 is 0 Å².